The van der Waals surface area contributed by atoms with Crippen LogP contribution in [0.25, 0.3) is 10.1 Å². The molecule has 0 aliphatic rings. The van der Waals surface area contributed by atoms with Gasteiger partial charge in [0.25, 0.3) is 0 Å². The van der Waals surface area contributed by atoms with Crippen molar-refractivity contribution in [2.24, 2.45) is 0 Å². The van der Waals surface area contributed by atoms with Gasteiger partial charge in [0.15, 0.2) is 0 Å². The predicted molar refractivity (Wildman–Crippen MR) is 68.8 cm³/mol. The molecule has 1 heterocycles. The maximum Gasteiger partial charge on any atom is 0.338 e. The number of benzene rings is 1. The Morgan fingerprint density at radius 1 is 1.57 bits per heavy atom. The second kappa shape index (κ2) is 3.71. The van der Waals surface area contributed by atoms with E-state index < -0.39 is 5.97 Å². The van der Waals surface area contributed by atoms with Crippen molar-refractivity contribution < 1.29 is 9.90 Å². The van der Waals surface area contributed by atoms with Crippen LogP contribution in [0.1, 0.15) is 10.4 Å². The molecule has 0 aliphatic carbocycles. The van der Waals surface area contributed by atoms with E-state index in [1.54, 1.807) is 6.07 Å². The number of fused-ring (bicyclic) bond motifs is 1. The molecule has 0 unspecified atom stereocenters. The van der Waals surface area contributed by atoms with Gasteiger partial charge >= 0.3 is 5.97 Å². The zero-order valence-electron chi connectivity index (χ0n) is 6.82. The van der Waals surface area contributed by atoms with Gasteiger partial charge in [-0.2, -0.15) is 0 Å². The molecule has 0 bridgehead atoms. The Morgan fingerprint density at radius 2 is 2.29 bits per heavy atom. The van der Waals surface area contributed by atoms with Gasteiger partial charge in [-0.05, 0) is 40.1 Å². The van der Waals surface area contributed by atoms with E-state index in [1.807, 2.05) is 11.4 Å². The van der Waals surface area contributed by atoms with E-state index in [0.29, 0.717) is 10.5 Å². The van der Waals surface area contributed by atoms with Crippen molar-refractivity contribution in [3.05, 3.63) is 26.6 Å². The summed E-state index contributed by atoms with van der Waals surface area (Å²) < 4.78 is 1.84. The number of carbonyl (C=O) groups is 1. The zero-order chi connectivity index (χ0) is 10.3. The Hall–Kier alpha value is -0.270. The van der Waals surface area contributed by atoms with E-state index in [9.17, 15) is 4.79 Å². The van der Waals surface area contributed by atoms with E-state index in [4.69, 9.17) is 5.11 Å². The minimum absolute atomic E-state index is 0.304. The molecule has 0 saturated carbocycles. The Bertz CT molecular complexity index is 519. The first-order valence-electron chi connectivity index (χ1n) is 3.73. The highest BCUT2D eigenvalue weighted by Crippen LogP contribution is 2.33. The SMILES string of the molecule is O=C(O)c1c(S)cc(I)c2ccsc12. The largest absolute Gasteiger partial charge is 0.478 e. The molecule has 1 aromatic heterocycles. The molecule has 2 rings (SSSR count). The molecule has 2 aromatic rings. The van der Waals surface area contributed by atoms with E-state index in [1.165, 1.54) is 11.3 Å². The van der Waals surface area contributed by atoms with Crippen LogP contribution in [0.3, 0.4) is 0 Å². The summed E-state index contributed by atoms with van der Waals surface area (Å²) in [6, 6.07) is 3.71. The Balaban J connectivity index is 2.93. The summed E-state index contributed by atoms with van der Waals surface area (Å²) in [6.45, 7) is 0. The van der Waals surface area contributed by atoms with Crippen molar-refractivity contribution in [3.63, 3.8) is 0 Å². The summed E-state index contributed by atoms with van der Waals surface area (Å²) in [6.07, 6.45) is 0. The molecule has 0 amide bonds. The normalized spacial score (nSPS) is 10.7. The van der Waals surface area contributed by atoms with Gasteiger partial charge in [-0.3, -0.25) is 0 Å². The van der Waals surface area contributed by atoms with Gasteiger partial charge in [-0.15, -0.1) is 24.0 Å². The lowest BCUT2D eigenvalue weighted by Gasteiger charge is -2.03. The molecule has 0 aliphatic heterocycles. The number of hydrogen-bond acceptors (Lipinski definition) is 3. The summed E-state index contributed by atoms with van der Waals surface area (Å²) in [5.41, 5.74) is 0.304. The smallest absolute Gasteiger partial charge is 0.338 e. The van der Waals surface area contributed by atoms with Crippen LogP contribution >= 0.6 is 46.6 Å². The average molecular weight is 336 g/mol. The van der Waals surface area contributed by atoms with Crippen LogP contribution in [0.4, 0.5) is 0 Å². The monoisotopic (exact) mass is 336 g/mol. The van der Waals surface area contributed by atoms with Crippen LogP contribution in [-0.4, -0.2) is 11.1 Å². The number of carboxylic acid groups (broad SMARTS) is 1. The summed E-state index contributed by atoms with van der Waals surface area (Å²) in [7, 11) is 0. The molecule has 1 N–H and O–H groups in total. The second-order valence-corrected chi connectivity index (χ2v) is 5.28. The van der Waals surface area contributed by atoms with Crippen molar-refractivity contribution in [2.75, 3.05) is 0 Å². The first kappa shape index (κ1) is 10.3. The molecule has 0 saturated heterocycles. The maximum atomic E-state index is 11.0. The van der Waals surface area contributed by atoms with Crippen LogP contribution in [0.2, 0.25) is 0 Å². The molecule has 0 radical (unpaired) electrons. The van der Waals surface area contributed by atoms with Gasteiger partial charge in [0.2, 0.25) is 0 Å². The lowest BCUT2D eigenvalue weighted by atomic mass is 10.2. The van der Waals surface area contributed by atoms with Crippen LogP contribution < -0.4 is 0 Å². The molecule has 14 heavy (non-hydrogen) atoms. The fraction of sp³-hybridized carbons (Fsp3) is 0. The standard InChI is InChI=1S/C9H5IO2S2/c10-5-3-6(13)7(9(11)12)8-4(5)1-2-14-8/h1-3,13H,(H,11,12). The van der Waals surface area contributed by atoms with Crippen LogP contribution in [0.5, 0.6) is 0 Å². The highest BCUT2D eigenvalue weighted by Gasteiger charge is 2.15. The van der Waals surface area contributed by atoms with Gasteiger partial charge in [-0.25, -0.2) is 4.79 Å². The highest BCUT2D eigenvalue weighted by atomic mass is 127. The Morgan fingerprint density at radius 3 is 2.93 bits per heavy atom. The second-order valence-electron chi connectivity index (χ2n) is 2.72. The van der Waals surface area contributed by atoms with E-state index >= 15 is 0 Å². The number of halogens is 1. The van der Waals surface area contributed by atoms with Crippen molar-refractivity contribution in [2.45, 2.75) is 4.90 Å². The lowest BCUT2D eigenvalue weighted by molar-refractivity contribution is 0.0695. The minimum atomic E-state index is -0.918. The lowest BCUT2D eigenvalue weighted by Crippen LogP contribution is -1.98. The fourth-order valence-electron chi connectivity index (χ4n) is 1.28. The Kier molecular flexibility index (Phi) is 2.72. The quantitative estimate of drug-likeness (QED) is 0.618. The highest BCUT2D eigenvalue weighted by molar-refractivity contribution is 14.1. The molecular weight excluding hydrogens is 331 g/mol. The number of rotatable bonds is 1. The average Bonchev–Trinajstić information content (AvgIpc) is 2.51. The molecule has 2 nitrogen and oxygen atoms in total. The summed E-state index contributed by atoms with van der Waals surface area (Å²) in [5, 5.41) is 11.9. The molecule has 5 heteroatoms. The van der Waals surface area contributed by atoms with Gasteiger partial charge in [0.05, 0.1) is 10.3 Å². The van der Waals surface area contributed by atoms with Gasteiger partial charge in [0.1, 0.15) is 0 Å². The number of aromatic carboxylic acids is 1. The summed E-state index contributed by atoms with van der Waals surface area (Å²) >= 11 is 7.80. The Labute approximate surface area is 103 Å². The molecule has 0 atom stereocenters. The van der Waals surface area contributed by atoms with Crippen molar-refractivity contribution in [1.29, 1.82) is 0 Å². The molecule has 72 valence electrons. The first-order chi connectivity index (χ1) is 6.61. The minimum Gasteiger partial charge on any atom is -0.478 e. The number of hydrogen-bond donors (Lipinski definition) is 2. The van der Waals surface area contributed by atoms with Crippen molar-refractivity contribution in [1.82, 2.24) is 0 Å². The maximum absolute atomic E-state index is 11.0. The van der Waals surface area contributed by atoms with Gasteiger partial charge < -0.3 is 5.11 Å². The third kappa shape index (κ3) is 1.53. The molecule has 0 spiro atoms. The molecule has 0 fully saturated rings. The van der Waals surface area contributed by atoms with E-state index in [2.05, 4.69) is 35.2 Å². The number of thiophene rings is 1. The molecular formula is C9H5IO2S2. The summed E-state index contributed by atoms with van der Waals surface area (Å²) in [5.74, 6) is -0.918. The van der Waals surface area contributed by atoms with E-state index in [-0.39, 0.29) is 0 Å². The van der Waals surface area contributed by atoms with Crippen molar-refractivity contribution >= 4 is 62.6 Å². The summed E-state index contributed by atoms with van der Waals surface area (Å²) in [4.78, 5) is 11.5. The fourth-order valence-corrected chi connectivity index (χ4v) is 3.85. The van der Waals surface area contributed by atoms with Gasteiger partial charge in [0, 0.05) is 13.9 Å². The van der Waals surface area contributed by atoms with Crippen LogP contribution in [0, 0.1) is 3.57 Å². The molecule has 1 aromatic carbocycles. The number of thiol groups is 1. The number of carboxylic acids is 1. The van der Waals surface area contributed by atoms with Crippen LogP contribution in [0.15, 0.2) is 22.4 Å². The first-order valence-corrected chi connectivity index (χ1v) is 6.14. The van der Waals surface area contributed by atoms with Crippen LogP contribution in [-0.2, 0) is 0 Å². The zero-order valence-corrected chi connectivity index (χ0v) is 10.7. The third-order valence-corrected chi connectivity index (χ3v) is 4.06. The van der Waals surface area contributed by atoms with E-state index in [0.717, 1.165) is 13.7 Å². The van der Waals surface area contributed by atoms with Crippen molar-refractivity contribution in [3.8, 4) is 0 Å². The predicted octanol–water partition coefficient (Wildman–Crippen LogP) is 3.49. The van der Waals surface area contributed by atoms with Gasteiger partial charge in [-0.1, -0.05) is 0 Å². The third-order valence-electron chi connectivity index (χ3n) is 1.88. The topological polar surface area (TPSA) is 37.3 Å².